The monoisotopic (exact) mass is 341 g/mol. The summed E-state index contributed by atoms with van der Waals surface area (Å²) in [4.78, 5) is 33.7. The summed E-state index contributed by atoms with van der Waals surface area (Å²) < 4.78 is 4.60. The number of hydrogen-bond acceptors (Lipinski definition) is 6. The van der Waals surface area contributed by atoms with Crippen LogP contribution in [0.2, 0.25) is 0 Å². The number of nitro groups is 1. The Labute approximate surface area is 143 Å². The maximum absolute atomic E-state index is 12.0. The number of nitro benzene ring substituents is 1. The molecule has 0 spiro atoms. The summed E-state index contributed by atoms with van der Waals surface area (Å²) >= 11 is 0. The molecule has 1 N–H and O–H groups in total. The molecule has 0 heterocycles. The number of hydrogen-bond donors (Lipinski definition) is 1. The molecular formula is C17H15N3O5. The second kappa shape index (κ2) is 7.82. The standard InChI is InChI=1S/C17H15N3O5/c1-11-3-6-14(9-15(11)20(23)24)16(21)19-18-10-12-4-7-13(8-5-12)17(22)25-2/h3-10H,1-2H3,(H,19,21)/b18-10-. The lowest BCUT2D eigenvalue weighted by molar-refractivity contribution is -0.385. The lowest BCUT2D eigenvalue weighted by Crippen LogP contribution is -2.17. The van der Waals surface area contributed by atoms with Crippen LogP contribution in [0.15, 0.2) is 47.6 Å². The van der Waals surface area contributed by atoms with E-state index in [2.05, 4.69) is 15.3 Å². The van der Waals surface area contributed by atoms with Crippen molar-refractivity contribution in [3.63, 3.8) is 0 Å². The molecular weight excluding hydrogens is 326 g/mol. The maximum atomic E-state index is 12.0. The number of hydrazone groups is 1. The molecule has 0 aliphatic heterocycles. The van der Waals surface area contributed by atoms with Crippen molar-refractivity contribution in [2.24, 2.45) is 5.10 Å². The van der Waals surface area contributed by atoms with Crippen molar-refractivity contribution in [2.45, 2.75) is 6.92 Å². The Kier molecular flexibility index (Phi) is 5.57. The van der Waals surface area contributed by atoms with Gasteiger partial charge in [0.25, 0.3) is 11.6 Å². The highest BCUT2D eigenvalue weighted by Crippen LogP contribution is 2.19. The van der Waals surface area contributed by atoms with Gasteiger partial charge in [-0.2, -0.15) is 5.10 Å². The minimum atomic E-state index is -0.564. The minimum Gasteiger partial charge on any atom is -0.465 e. The van der Waals surface area contributed by atoms with Gasteiger partial charge in [-0.3, -0.25) is 14.9 Å². The van der Waals surface area contributed by atoms with Crippen LogP contribution in [0.4, 0.5) is 5.69 Å². The summed E-state index contributed by atoms with van der Waals surface area (Å²) in [5.41, 5.74) is 3.83. The van der Waals surface area contributed by atoms with Crippen molar-refractivity contribution in [2.75, 3.05) is 7.11 Å². The van der Waals surface area contributed by atoms with Gasteiger partial charge in [0.15, 0.2) is 0 Å². The number of benzene rings is 2. The molecule has 2 rings (SSSR count). The first-order valence-corrected chi connectivity index (χ1v) is 7.19. The van der Waals surface area contributed by atoms with E-state index in [4.69, 9.17) is 0 Å². The summed E-state index contributed by atoms with van der Waals surface area (Å²) in [6.07, 6.45) is 1.39. The molecule has 0 atom stereocenters. The molecule has 25 heavy (non-hydrogen) atoms. The summed E-state index contributed by atoms with van der Waals surface area (Å²) in [6, 6.07) is 10.6. The summed E-state index contributed by atoms with van der Waals surface area (Å²) in [6.45, 7) is 1.59. The van der Waals surface area contributed by atoms with Gasteiger partial charge in [-0.1, -0.05) is 18.2 Å². The normalized spacial score (nSPS) is 10.5. The van der Waals surface area contributed by atoms with E-state index in [1.54, 1.807) is 31.2 Å². The molecule has 8 heteroatoms. The lowest BCUT2D eigenvalue weighted by atomic mass is 10.1. The van der Waals surface area contributed by atoms with Crippen LogP contribution in [-0.2, 0) is 4.74 Å². The van der Waals surface area contributed by atoms with Crippen molar-refractivity contribution in [3.8, 4) is 0 Å². The van der Waals surface area contributed by atoms with Gasteiger partial charge >= 0.3 is 5.97 Å². The van der Waals surface area contributed by atoms with Crippen molar-refractivity contribution in [3.05, 3.63) is 74.8 Å². The smallest absolute Gasteiger partial charge is 0.337 e. The Hall–Kier alpha value is -3.55. The van der Waals surface area contributed by atoms with E-state index in [9.17, 15) is 19.7 Å². The van der Waals surface area contributed by atoms with E-state index in [0.717, 1.165) is 0 Å². The predicted octanol–water partition coefficient (Wildman–Crippen LogP) is 2.45. The minimum absolute atomic E-state index is 0.130. The van der Waals surface area contributed by atoms with E-state index < -0.39 is 16.8 Å². The molecule has 0 unspecified atom stereocenters. The Morgan fingerprint density at radius 3 is 2.40 bits per heavy atom. The Morgan fingerprint density at radius 1 is 1.16 bits per heavy atom. The van der Waals surface area contributed by atoms with Crippen LogP contribution in [0.25, 0.3) is 0 Å². The third kappa shape index (κ3) is 4.47. The topological polar surface area (TPSA) is 111 Å². The van der Waals surface area contributed by atoms with Crippen LogP contribution in [0.3, 0.4) is 0 Å². The van der Waals surface area contributed by atoms with E-state index in [0.29, 0.717) is 16.7 Å². The van der Waals surface area contributed by atoms with Gasteiger partial charge in [0, 0.05) is 17.2 Å². The van der Waals surface area contributed by atoms with Gasteiger partial charge < -0.3 is 4.74 Å². The number of ether oxygens (including phenoxy) is 1. The zero-order valence-corrected chi connectivity index (χ0v) is 13.6. The van der Waals surface area contributed by atoms with Crippen LogP contribution in [0.5, 0.6) is 0 Å². The number of esters is 1. The largest absolute Gasteiger partial charge is 0.465 e. The third-order valence-electron chi connectivity index (χ3n) is 3.38. The zero-order chi connectivity index (χ0) is 18.4. The first-order chi connectivity index (χ1) is 11.9. The molecule has 2 aromatic rings. The Bertz CT molecular complexity index is 844. The molecule has 0 saturated heterocycles. The average Bonchev–Trinajstić information content (AvgIpc) is 2.61. The van der Waals surface area contributed by atoms with Crippen LogP contribution in [0, 0.1) is 17.0 Å². The molecule has 128 valence electrons. The molecule has 0 aliphatic rings. The third-order valence-corrected chi connectivity index (χ3v) is 3.38. The van der Waals surface area contributed by atoms with Gasteiger partial charge in [0.2, 0.25) is 0 Å². The van der Waals surface area contributed by atoms with Crippen LogP contribution in [-0.4, -0.2) is 30.1 Å². The van der Waals surface area contributed by atoms with Crippen molar-refractivity contribution < 1.29 is 19.2 Å². The fourth-order valence-corrected chi connectivity index (χ4v) is 2.00. The molecule has 8 nitrogen and oxygen atoms in total. The lowest BCUT2D eigenvalue weighted by Gasteiger charge is -2.02. The Morgan fingerprint density at radius 2 is 1.80 bits per heavy atom. The van der Waals surface area contributed by atoms with Crippen molar-refractivity contribution in [1.29, 1.82) is 0 Å². The number of rotatable bonds is 5. The fourth-order valence-electron chi connectivity index (χ4n) is 2.00. The molecule has 2 aromatic carbocycles. The number of aryl methyl sites for hydroxylation is 1. The maximum Gasteiger partial charge on any atom is 0.337 e. The highest BCUT2D eigenvalue weighted by molar-refractivity contribution is 5.95. The second-order valence-corrected chi connectivity index (χ2v) is 5.07. The average molecular weight is 341 g/mol. The van der Waals surface area contributed by atoms with Gasteiger partial charge in [-0.15, -0.1) is 0 Å². The van der Waals surface area contributed by atoms with Crippen molar-refractivity contribution in [1.82, 2.24) is 5.43 Å². The van der Waals surface area contributed by atoms with Crippen molar-refractivity contribution >= 4 is 23.8 Å². The van der Waals surface area contributed by atoms with Gasteiger partial charge in [-0.25, -0.2) is 10.2 Å². The molecule has 0 bridgehead atoms. The Balaban J connectivity index is 2.04. The van der Waals surface area contributed by atoms with E-state index in [1.165, 1.54) is 31.5 Å². The van der Waals surface area contributed by atoms with E-state index >= 15 is 0 Å². The molecule has 0 radical (unpaired) electrons. The second-order valence-electron chi connectivity index (χ2n) is 5.07. The number of carbonyl (C=O) groups excluding carboxylic acids is 2. The first-order valence-electron chi connectivity index (χ1n) is 7.19. The molecule has 0 aromatic heterocycles. The van der Waals surface area contributed by atoms with E-state index in [-0.39, 0.29) is 11.3 Å². The fraction of sp³-hybridized carbons (Fsp3) is 0.118. The van der Waals surface area contributed by atoms with Crippen LogP contribution >= 0.6 is 0 Å². The number of nitrogens with zero attached hydrogens (tertiary/aromatic N) is 2. The summed E-state index contributed by atoms with van der Waals surface area (Å²) in [5.74, 6) is -1.01. The molecule has 0 saturated carbocycles. The molecule has 1 amide bonds. The highest BCUT2D eigenvalue weighted by Gasteiger charge is 2.14. The highest BCUT2D eigenvalue weighted by atomic mass is 16.6. The molecule has 0 fully saturated rings. The first kappa shape index (κ1) is 17.8. The number of carbonyl (C=O) groups is 2. The number of methoxy groups -OCH3 is 1. The van der Waals surface area contributed by atoms with Crippen LogP contribution < -0.4 is 5.43 Å². The number of amides is 1. The summed E-state index contributed by atoms with van der Waals surface area (Å²) in [5, 5.41) is 14.7. The molecule has 0 aliphatic carbocycles. The zero-order valence-electron chi connectivity index (χ0n) is 13.6. The number of nitrogens with one attached hydrogen (secondary N) is 1. The van der Waals surface area contributed by atoms with Crippen LogP contribution in [0.1, 0.15) is 31.8 Å². The SMILES string of the molecule is COC(=O)c1ccc(/C=N\NC(=O)c2ccc(C)c([N+](=O)[O-])c2)cc1. The van der Waals surface area contributed by atoms with E-state index in [1.807, 2.05) is 0 Å². The van der Waals surface area contributed by atoms with Gasteiger partial charge in [0.05, 0.1) is 23.8 Å². The summed E-state index contributed by atoms with van der Waals surface area (Å²) in [7, 11) is 1.29. The quantitative estimate of drug-likeness (QED) is 0.389. The van der Waals surface area contributed by atoms with Gasteiger partial charge in [0.1, 0.15) is 0 Å². The predicted molar refractivity (Wildman–Crippen MR) is 90.7 cm³/mol. The van der Waals surface area contributed by atoms with Gasteiger partial charge in [-0.05, 0) is 30.7 Å².